The summed E-state index contributed by atoms with van der Waals surface area (Å²) < 4.78 is 0. The molecule has 0 bridgehead atoms. The van der Waals surface area contributed by atoms with Crippen LogP contribution < -0.4 is 5.32 Å². The fourth-order valence-corrected chi connectivity index (χ4v) is 3.62. The van der Waals surface area contributed by atoms with E-state index in [0.29, 0.717) is 25.2 Å². The van der Waals surface area contributed by atoms with Crippen LogP contribution in [0.15, 0.2) is 18.6 Å². The zero-order chi connectivity index (χ0) is 16.6. The van der Waals surface area contributed by atoms with Crippen molar-refractivity contribution in [2.45, 2.75) is 25.4 Å². The van der Waals surface area contributed by atoms with Crippen molar-refractivity contribution in [1.82, 2.24) is 25.1 Å². The topological polar surface area (TPSA) is 95.5 Å². The molecule has 2 fully saturated rings. The molecule has 23 heavy (non-hydrogen) atoms. The van der Waals surface area contributed by atoms with Gasteiger partial charge in [-0.25, -0.2) is 4.98 Å². The van der Waals surface area contributed by atoms with E-state index in [-0.39, 0.29) is 29.7 Å². The highest BCUT2D eigenvalue weighted by molar-refractivity contribution is 5.92. The van der Waals surface area contributed by atoms with Gasteiger partial charge in [-0.2, -0.15) is 0 Å². The maximum atomic E-state index is 12.5. The van der Waals surface area contributed by atoms with Gasteiger partial charge in [0, 0.05) is 45.4 Å². The van der Waals surface area contributed by atoms with Crippen LogP contribution in [0.4, 0.5) is 0 Å². The SMILES string of the molecule is CNC(=O)[C@H]1CC2CN(C(=O)c3cnccn3)CC2N1C(C)=O. The number of aromatic nitrogens is 2. The maximum Gasteiger partial charge on any atom is 0.274 e. The zero-order valence-corrected chi connectivity index (χ0v) is 13.1. The van der Waals surface area contributed by atoms with Crippen molar-refractivity contribution in [3.8, 4) is 0 Å². The van der Waals surface area contributed by atoms with Gasteiger partial charge in [0.2, 0.25) is 11.8 Å². The number of amides is 3. The van der Waals surface area contributed by atoms with Crippen molar-refractivity contribution in [2.75, 3.05) is 20.1 Å². The Hall–Kier alpha value is -2.51. The van der Waals surface area contributed by atoms with Gasteiger partial charge in [0.1, 0.15) is 11.7 Å². The van der Waals surface area contributed by atoms with Crippen LogP contribution in [-0.2, 0) is 9.59 Å². The first kappa shape index (κ1) is 15.4. The van der Waals surface area contributed by atoms with Gasteiger partial charge in [0.05, 0.1) is 12.2 Å². The van der Waals surface area contributed by atoms with Crippen LogP contribution in [0.1, 0.15) is 23.8 Å². The minimum absolute atomic E-state index is 0.113. The summed E-state index contributed by atoms with van der Waals surface area (Å²) in [5.74, 6) is -0.365. The fraction of sp³-hybridized carbons (Fsp3) is 0.533. The molecule has 3 atom stereocenters. The number of hydrogen-bond acceptors (Lipinski definition) is 5. The Morgan fingerprint density at radius 1 is 1.26 bits per heavy atom. The number of carbonyl (C=O) groups is 3. The molecule has 122 valence electrons. The van der Waals surface area contributed by atoms with Crippen LogP contribution >= 0.6 is 0 Å². The molecule has 3 heterocycles. The van der Waals surface area contributed by atoms with Crippen LogP contribution in [0.2, 0.25) is 0 Å². The Balaban J connectivity index is 1.76. The standard InChI is InChI=1S/C15H19N5O3/c1-9(21)20-12(14(22)16-2)5-10-7-19(8-13(10)20)15(23)11-6-17-3-4-18-11/h3-4,6,10,12-13H,5,7-8H2,1-2H3,(H,16,22)/t10?,12-,13?/m1/s1. The summed E-state index contributed by atoms with van der Waals surface area (Å²) in [5.41, 5.74) is 0.296. The summed E-state index contributed by atoms with van der Waals surface area (Å²) in [7, 11) is 1.57. The van der Waals surface area contributed by atoms with Crippen molar-refractivity contribution in [3.63, 3.8) is 0 Å². The van der Waals surface area contributed by atoms with Crippen molar-refractivity contribution in [3.05, 3.63) is 24.3 Å². The summed E-state index contributed by atoms with van der Waals surface area (Å²) >= 11 is 0. The third-order valence-electron chi connectivity index (χ3n) is 4.61. The Kier molecular flexibility index (Phi) is 3.97. The summed E-state index contributed by atoms with van der Waals surface area (Å²) in [6, 6.07) is -0.559. The number of likely N-dealkylation sites (N-methyl/N-ethyl adjacent to an activating group) is 1. The normalized spacial score (nSPS) is 26.1. The molecule has 8 heteroatoms. The molecule has 0 saturated carbocycles. The number of carbonyl (C=O) groups excluding carboxylic acids is 3. The van der Waals surface area contributed by atoms with Crippen LogP contribution in [0.3, 0.4) is 0 Å². The molecule has 2 aliphatic rings. The quantitative estimate of drug-likeness (QED) is 0.777. The first-order valence-corrected chi connectivity index (χ1v) is 7.58. The van der Waals surface area contributed by atoms with Gasteiger partial charge in [0.25, 0.3) is 5.91 Å². The average Bonchev–Trinajstić information content (AvgIpc) is 3.11. The second kappa shape index (κ2) is 5.94. The zero-order valence-electron chi connectivity index (χ0n) is 13.1. The fourth-order valence-electron chi connectivity index (χ4n) is 3.62. The first-order chi connectivity index (χ1) is 11.0. The molecule has 3 amide bonds. The number of nitrogens with one attached hydrogen (secondary N) is 1. The van der Waals surface area contributed by atoms with E-state index in [2.05, 4.69) is 15.3 Å². The third-order valence-corrected chi connectivity index (χ3v) is 4.61. The van der Waals surface area contributed by atoms with Gasteiger partial charge < -0.3 is 15.1 Å². The molecule has 0 spiro atoms. The molecule has 2 aliphatic heterocycles. The minimum atomic E-state index is -0.443. The second-order valence-corrected chi connectivity index (χ2v) is 5.92. The lowest BCUT2D eigenvalue weighted by molar-refractivity contribution is -0.138. The van der Waals surface area contributed by atoms with Crippen molar-refractivity contribution >= 4 is 17.7 Å². The smallest absolute Gasteiger partial charge is 0.274 e. The summed E-state index contributed by atoms with van der Waals surface area (Å²) in [4.78, 5) is 47.7. The predicted molar refractivity (Wildman–Crippen MR) is 80.2 cm³/mol. The molecule has 2 saturated heterocycles. The highest BCUT2D eigenvalue weighted by Gasteiger charge is 2.50. The van der Waals surface area contributed by atoms with Crippen molar-refractivity contribution < 1.29 is 14.4 Å². The number of hydrogen-bond donors (Lipinski definition) is 1. The third kappa shape index (κ3) is 2.64. The van der Waals surface area contributed by atoms with Gasteiger partial charge in [-0.15, -0.1) is 0 Å². The number of rotatable bonds is 2. The van der Waals surface area contributed by atoms with E-state index in [1.807, 2.05) is 0 Å². The van der Waals surface area contributed by atoms with Gasteiger partial charge in [0.15, 0.2) is 0 Å². The van der Waals surface area contributed by atoms with E-state index < -0.39 is 6.04 Å². The lowest BCUT2D eigenvalue weighted by atomic mass is 10.0. The van der Waals surface area contributed by atoms with Gasteiger partial charge in [-0.05, 0) is 6.42 Å². The molecule has 0 aliphatic carbocycles. The minimum Gasteiger partial charge on any atom is -0.357 e. The molecule has 0 aromatic carbocycles. The average molecular weight is 317 g/mol. The highest BCUT2D eigenvalue weighted by atomic mass is 16.2. The molecular weight excluding hydrogens is 298 g/mol. The number of nitrogens with zero attached hydrogens (tertiary/aromatic N) is 4. The monoisotopic (exact) mass is 317 g/mol. The van der Waals surface area contributed by atoms with Crippen LogP contribution in [0.5, 0.6) is 0 Å². The van der Waals surface area contributed by atoms with E-state index in [9.17, 15) is 14.4 Å². The summed E-state index contributed by atoms with van der Waals surface area (Å²) in [6.45, 7) is 2.41. The van der Waals surface area contributed by atoms with Gasteiger partial charge in [-0.1, -0.05) is 0 Å². The van der Waals surface area contributed by atoms with E-state index in [1.165, 1.54) is 25.5 Å². The van der Waals surface area contributed by atoms with Crippen molar-refractivity contribution in [1.29, 1.82) is 0 Å². The molecule has 8 nitrogen and oxygen atoms in total. The van der Waals surface area contributed by atoms with Crippen molar-refractivity contribution in [2.24, 2.45) is 5.92 Å². The molecule has 1 N–H and O–H groups in total. The lowest BCUT2D eigenvalue weighted by Crippen LogP contribution is -2.49. The van der Waals surface area contributed by atoms with Crippen LogP contribution in [-0.4, -0.2) is 69.7 Å². The summed E-state index contributed by atoms with van der Waals surface area (Å²) in [6.07, 6.45) is 5.01. The Morgan fingerprint density at radius 3 is 2.65 bits per heavy atom. The Bertz CT molecular complexity index is 635. The number of fused-ring (bicyclic) bond motifs is 1. The molecule has 2 unspecified atom stereocenters. The molecule has 0 radical (unpaired) electrons. The maximum absolute atomic E-state index is 12.5. The van der Waals surface area contributed by atoms with E-state index in [1.54, 1.807) is 16.8 Å². The van der Waals surface area contributed by atoms with Gasteiger partial charge >= 0.3 is 0 Å². The molecular formula is C15H19N5O3. The predicted octanol–water partition coefficient (Wildman–Crippen LogP) is -0.716. The van der Waals surface area contributed by atoms with Crippen LogP contribution in [0.25, 0.3) is 0 Å². The Morgan fingerprint density at radius 2 is 2.04 bits per heavy atom. The Labute approximate surface area is 133 Å². The highest BCUT2D eigenvalue weighted by Crippen LogP contribution is 2.36. The number of likely N-dealkylation sites (tertiary alicyclic amines) is 2. The molecule has 3 rings (SSSR count). The molecule has 1 aromatic heterocycles. The molecule has 1 aromatic rings. The van der Waals surface area contributed by atoms with E-state index >= 15 is 0 Å². The van der Waals surface area contributed by atoms with E-state index in [0.717, 1.165) is 0 Å². The van der Waals surface area contributed by atoms with E-state index in [4.69, 9.17) is 0 Å². The van der Waals surface area contributed by atoms with Gasteiger partial charge in [-0.3, -0.25) is 19.4 Å². The lowest BCUT2D eigenvalue weighted by Gasteiger charge is -2.28. The first-order valence-electron chi connectivity index (χ1n) is 7.58. The second-order valence-electron chi connectivity index (χ2n) is 5.92. The van der Waals surface area contributed by atoms with Crippen LogP contribution in [0, 0.1) is 5.92 Å². The summed E-state index contributed by atoms with van der Waals surface area (Å²) in [5, 5.41) is 2.61. The largest absolute Gasteiger partial charge is 0.357 e.